The summed E-state index contributed by atoms with van der Waals surface area (Å²) in [4.78, 5) is 12.8. The van der Waals surface area contributed by atoms with Crippen molar-refractivity contribution in [2.24, 2.45) is 5.41 Å². The molecule has 1 aliphatic heterocycles. The van der Waals surface area contributed by atoms with Gasteiger partial charge in [0.15, 0.2) is 0 Å². The van der Waals surface area contributed by atoms with Crippen LogP contribution in [0.15, 0.2) is 46.8 Å². The van der Waals surface area contributed by atoms with Crippen molar-refractivity contribution in [2.45, 2.75) is 52.9 Å². The highest BCUT2D eigenvalue weighted by Gasteiger charge is 2.39. The molecule has 1 aromatic rings. The van der Waals surface area contributed by atoms with Gasteiger partial charge < -0.3 is 14.8 Å². The third-order valence-electron chi connectivity index (χ3n) is 5.44. The smallest absolute Gasteiger partial charge is 0.336 e. The van der Waals surface area contributed by atoms with Crippen LogP contribution < -0.4 is 10.1 Å². The van der Waals surface area contributed by atoms with Gasteiger partial charge in [-0.25, -0.2) is 4.79 Å². The van der Waals surface area contributed by atoms with E-state index in [2.05, 4.69) is 25.2 Å². The maximum Gasteiger partial charge on any atom is 0.336 e. The van der Waals surface area contributed by atoms with Crippen LogP contribution in [0.3, 0.4) is 0 Å². The van der Waals surface area contributed by atoms with Gasteiger partial charge in [0.1, 0.15) is 5.75 Å². The highest BCUT2D eigenvalue weighted by Crippen LogP contribution is 2.49. The molecule has 2 aliphatic rings. The zero-order chi connectivity index (χ0) is 18.9. The third kappa shape index (κ3) is 3.37. The first-order valence-electron chi connectivity index (χ1n) is 9.37. The van der Waals surface area contributed by atoms with Crippen molar-refractivity contribution in [3.05, 3.63) is 52.4 Å². The molecule has 0 bridgehead atoms. The van der Waals surface area contributed by atoms with Crippen LogP contribution in [0.25, 0.3) is 0 Å². The molecule has 1 N–H and O–H groups in total. The Balaban J connectivity index is 2.15. The molecule has 0 fully saturated rings. The van der Waals surface area contributed by atoms with E-state index >= 15 is 0 Å². The average molecular weight is 355 g/mol. The molecule has 4 nitrogen and oxygen atoms in total. The van der Waals surface area contributed by atoms with Gasteiger partial charge in [-0.1, -0.05) is 32.0 Å². The van der Waals surface area contributed by atoms with Crippen LogP contribution in [0.5, 0.6) is 5.75 Å². The summed E-state index contributed by atoms with van der Waals surface area (Å²) in [7, 11) is 1.68. The third-order valence-corrected chi connectivity index (χ3v) is 5.44. The fraction of sp³-hybridized carbons (Fsp3) is 0.500. The Morgan fingerprint density at radius 2 is 2.04 bits per heavy atom. The van der Waals surface area contributed by atoms with Crippen LogP contribution in [0.4, 0.5) is 0 Å². The fourth-order valence-corrected chi connectivity index (χ4v) is 4.16. The second-order valence-electron chi connectivity index (χ2n) is 7.90. The molecule has 1 unspecified atom stereocenters. The van der Waals surface area contributed by atoms with Crippen molar-refractivity contribution < 1.29 is 14.3 Å². The van der Waals surface area contributed by atoms with Crippen molar-refractivity contribution in [1.29, 1.82) is 0 Å². The molecule has 26 heavy (non-hydrogen) atoms. The Bertz CT molecular complexity index is 773. The number of benzene rings is 1. The number of hydrogen-bond donors (Lipinski definition) is 1. The number of rotatable bonds is 4. The minimum Gasteiger partial charge on any atom is -0.496 e. The fourth-order valence-electron chi connectivity index (χ4n) is 4.16. The van der Waals surface area contributed by atoms with Crippen LogP contribution in [0, 0.1) is 5.41 Å². The number of nitrogens with one attached hydrogen (secondary N) is 1. The van der Waals surface area contributed by atoms with Crippen molar-refractivity contribution in [2.75, 3.05) is 13.7 Å². The van der Waals surface area contributed by atoms with Crippen molar-refractivity contribution in [1.82, 2.24) is 5.32 Å². The van der Waals surface area contributed by atoms with Crippen molar-refractivity contribution >= 4 is 5.97 Å². The zero-order valence-electron chi connectivity index (χ0n) is 16.4. The van der Waals surface area contributed by atoms with E-state index in [0.29, 0.717) is 12.2 Å². The summed E-state index contributed by atoms with van der Waals surface area (Å²) in [5, 5.41) is 3.52. The minimum absolute atomic E-state index is 0.113. The first kappa shape index (κ1) is 18.6. The summed E-state index contributed by atoms with van der Waals surface area (Å²) in [6.45, 7) is 8.79. The Labute approximate surface area is 156 Å². The SMILES string of the molecule is CCOC(=O)C1=C(C)NC2=C(CCC(C)(C)C2)C1c1ccccc1OC. The number of allylic oxidation sites excluding steroid dienone is 3. The summed E-state index contributed by atoms with van der Waals surface area (Å²) >= 11 is 0. The molecule has 1 aliphatic carbocycles. The highest BCUT2D eigenvalue weighted by atomic mass is 16.5. The first-order chi connectivity index (χ1) is 12.4. The summed E-state index contributed by atoms with van der Waals surface area (Å²) in [6, 6.07) is 7.99. The first-order valence-corrected chi connectivity index (χ1v) is 9.37. The predicted octanol–water partition coefficient (Wildman–Crippen LogP) is 4.68. The van der Waals surface area contributed by atoms with Gasteiger partial charge >= 0.3 is 5.97 Å². The van der Waals surface area contributed by atoms with Gasteiger partial charge in [0.25, 0.3) is 0 Å². The molecule has 1 heterocycles. The minimum atomic E-state index is -0.246. The molecular formula is C22H29NO3. The van der Waals surface area contributed by atoms with Crippen LogP contribution >= 0.6 is 0 Å². The van der Waals surface area contributed by atoms with Gasteiger partial charge in [-0.05, 0) is 50.2 Å². The Morgan fingerprint density at radius 3 is 2.73 bits per heavy atom. The lowest BCUT2D eigenvalue weighted by Gasteiger charge is -2.40. The topological polar surface area (TPSA) is 47.6 Å². The summed E-state index contributed by atoms with van der Waals surface area (Å²) in [5.41, 5.74) is 5.43. The number of ether oxygens (including phenoxy) is 2. The molecule has 3 rings (SSSR count). The van der Waals surface area contributed by atoms with E-state index in [4.69, 9.17) is 9.47 Å². The molecule has 4 heteroatoms. The number of carbonyl (C=O) groups excluding carboxylic acids is 1. The van der Waals surface area contributed by atoms with Crippen LogP contribution in [-0.2, 0) is 9.53 Å². The van der Waals surface area contributed by atoms with Gasteiger partial charge in [-0.3, -0.25) is 0 Å². The van der Waals surface area contributed by atoms with E-state index < -0.39 is 0 Å². The quantitative estimate of drug-likeness (QED) is 0.797. The lowest BCUT2D eigenvalue weighted by atomic mass is 9.69. The average Bonchev–Trinajstić information content (AvgIpc) is 2.59. The number of para-hydroxylation sites is 1. The predicted molar refractivity (Wildman–Crippen MR) is 103 cm³/mol. The highest BCUT2D eigenvalue weighted by molar-refractivity contribution is 5.93. The van der Waals surface area contributed by atoms with E-state index in [9.17, 15) is 4.79 Å². The van der Waals surface area contributed by atoms with Crippen LogP contribution in [0.2, 0.25) is 0 Å². The summed E-state index contributed by atoms with van der Waals surface area (Å²) in [5.74, 6) is 0.452. The van der Waals surface area contributed by atoms with Gasteiger partial charge in [-0.15, -0.1) is 0 Å². The maximum atomic E-state index is 12.8. The largest absolute Gasteiger partial charge is 0.496 e. The Hall–Kier alpha value is -2.23. The number of hydrogen-bond acceptors (Lipinski definition) is 4. The second kappa shape index (κ2) is 7.18. The summed E-state index contributed by atoms with van der Waals surface area (Å²) in [6.07, 6.45) is 3.06. The lowest BCUT2D eigenvalue weighted by molar-refractivity contribution is -0.138. The number of carbonyl (C=O) groups is 1. The van der Waals surface area contributed by atoms with Crippen molar-refractivity contribution in [3.8, 4) is 5.75 Å². The maximum absolute atomic E-state index is 12.8. The van der Waals surface area contributed by atoms with E-state index in [1.807, 2.05) is 32.0 Å². The Morgan fingerprint density at radius 1 is 1.31 bits per heavy atom. The molecule has 0 aromatic heterocycles. The molecule has 0 amide bonds. The Kier molecular flexibility index (Phi) is 5.12. The molecule has 140 valence electrons. The standard InChI is InChI=1S/C22H29NO3/c1-6-26-21(24)19-14(2)23-17-13-22(3,4)12-11-15(17)20(19)16-9-7-8-10-18(16)25-5/h7-10,20,23H,6,11-13H2,1-5H3. The van der Waals surface area contributed by atoms with E-state index in [-0.39, 0.29) is 17.3 Å². The molecule has 0 radical (unpaired) electrons. The van der Waals surface area contributed by atoms with E-state index in [1.165, 1.54) is 11.3 Å². The zero-order valence-corrected chi connectivity index (χ0v) is 16.4. The molecule has 0 spiro atoms. The lowest BCUT2D eigenvalue weighted by Crippen LogP contribution is -2.34. The molecule has 0 saturated heterocycles. The number of dihydropyridines is 1. The molecule has 1 atom stereocenters. The molecule has 0 saturated carbocycles. The van der Waals surface area contributed by atoms with E-state index in [1.54, 1.807) is 7.11 Å². The number of esters is 1. The van der Waals surface area contributed by atoms with Crippen LogP contribution in [-0.4, -0.2) is 19.7 Å². The monoisotopic (exact) mass is 355 g/mol. The van der Waals surface area contributed by atoms with Gasteiger partial charge in [0.05, 0.1) is 19.3 Å². The second-order valence-corrected chi connectivity index (χ2v) is 7.90. The normalized spacial score (nSPS) is 21.8. The molecular weight excluding hydrogens is 326 g/mol. The van der Waals surface area contributed by atoms with E-state index in [0.717, 1.165) is 36.3 Å². The number of methoxy groups -OCH3 is 1. The van der Waals surface area contributed by atoms with Gasteiger partial charge in [-0.2, -0.15) is 0 Å². The van der Waals surface area contributed by atoms with Gasteiger partial charge in [0.2, 0.25) is 0 Å². The summed E-state index contributed by atoms with van der Waals surface area (Å²) < 4.78 is 11.0. The molecule has 1 aromatic carbocycles. The van der Waals surface area contributed by atoms with Gasteiger partial charge in [0, 0.05) is 22.9 Å². The van der Waals surface area contributed by atoms with Crippen molar-refractivity contribution in [3.63, 3.8) is 0 Å². The van der Waals surface area contributed by atoms with Crippen LogP contribution in [0.1, 0.15) is 58.4 Å².